The molecule has 0 aromatic heterocycles. The molecule has 0 saturated carbocycles. The number of hydrogen-bond acceptors (Lipinski definition) is 5. The Hall–Kier alpha value is -3.68. The number of nitrogens with one attached hydrogen (secondary N) is 2. The number of rotatable bonds is 8. The maximum Gasteiger partial charge on any atom is 0.407 e. The van der Waals surface area contributed by atoms with E-state index < -0.39 is 36.5 Å². The van der Waals surface area contributed by atoms with Gasteiger partial charge in [0.2, 0.25) is 5.91 Å². The van der Waals surface area contributed by atoms with Gasteiger partial charge in [-0.15, -0.1) is 0 Å². The maximum atomic E-state index is 12.2. The monoisotopic (exact) mass is 410 g/mol. The van der Waals surface area contributed by atoms with Crippen molar-refractivity contribution in [1.29, 1.82) is 0 Å². The van der Waals surface area contributed by atoms with E-state index in [1.165, 1.54) is 6.92 Å². The van der Waals surface area contributed by atoms with Crippen molar-refractivity contribution in [2.24, 2.45) is 0 Å². The van der Waals surface area contributed by atoms with Gasteiger partial charge < -0.3 is 25.3 Å². The summed E-state index contributed by atoms with van der Waals surface area (Å²) in [4.78, 5) is 45.8. The normalized spacial score (nSPS) is 14.0. The Morgan fingerprint density at radius 2 is 1.60 bits per heavy atom. The zero-order chi connectivity index (χ0) is 21.7. The number of fused-ring (bicyclic) bond motifs is 3. The molecule has 0 heterocycles. The number of ether oxygens (including phenoxy) is 1. The summed E-state index contributed by atoms with van der Waals surface area (Å²) < 4.78 is 5.36. The number of benzene rings is 2. The number of alkyl carbamates (subject to hydrolysis) is 1. The van der Waals surface area contributed by atoms with Crippen molar-refractivity contribution >= 4 is 24.3 Å². The summed E-state index contributed by atoms with van der Waals surface area (Å²) in [5, 5.41) is 13.4. The number of carbonyl (C=O) groups is 4. The lowest BCUT2D eigenvalue weighted by Crippen LogP contribution is -2.49. The molecule has 3 rings (SSSR count). The molecule has 0 fully saturated rings. The van der Waals surface area contributed by atoms with Crippen molar-refractivity contribution in [1.82, 2.24) is 10.6 Å². The number of hydrogen-bond donors (Lipinski definition) is 3. The number of aldehydes is 1. The number of aliphatic carboxylic acids is 1. The van der Waals surface area contributed by atoms with E-state index >= 15 is 0 Å². The number of carbonyl (C=O) groups excluding carboxylic acids is 3. The minimum Gasteiger partial charge on any atom is -0.481 e. The molecule has 30 heavy (non-hydrogen) atoms. The zero-order valence-corrected chi connectivity index (χ0v) is 16.3. The first-order valence-electron chi connectivity index (χ1n) is 9.49. The Bertz CT molecular complexity index is 928. The Morgan fingerprint density at radius 3 is 2.13 bits per heavy atom. The molecule has 1 aliphatic rings. The molecule has 0 aliphatic heterocycles. The highest BCUT2D eigenvalue weighted by Crippen LogP contribution is 2.44. The highest BCUT2D eigenvalue weighted by Gasteiger charge is 2.29. The first-order chi connectivity index (χ1) is 14.4. The van der Waals surface area contributed by atoms with E-state index in [1.54, 1.807) is 0 Å². The lowest BCUT2D eigenvalue weighted by atomic mass is 9.98. The Morgan fingerprint density at radius 1 is 1.03 bits per heavy atom. The predicted molar refractivity (Wildman–Crippen MR) is 108 cm³/mol. The Kier molecular flexibility index (Phi) is 6.46. The van der Waals surface area contributed by atoms with Gasteiger partial charge in [-0.1, -0.05) is 48.5 Å². The van der Waals surface area contributed by atoms with Crippen molar-refractivity contribution in [2.75, 3.05) is 6.61 Å². The van der Waals surface area contributed by atoms with Crippen LogP contribution in [0.2, 0.25) is 0 Å². The fraction of sp³-hybridized carbons (Fsp3) is 0.273. The summed E-state index contributed by atoms with van der Waals surface area (Å²) in [6, 6.07) is 13.7. The van der Waals surface area contributed by atoms with Gasteiger partial charge >= 0.3 is 12.1 Å². The van der Waals surface area contributed by atoms with Crippen LogP contribution in [0.15, 0.2) is 48.5 Å². The van der Waals surface area contributed by atoms with Crippen molar-refractivity contribution in [3.8, 4) is 11.1 Å². The van der Waals surface area contributed by atoms with Gasteiger partial charge in [0, 0.05) is 5.92 Å². The lowest BCUT2D eigenvalue weighted by Gasteiger charge is -2.18. The minimum absolute atomic E-state index is 0.101. The average Bonchev–Trinajstić information content (AvgIpc) is 3.05. The standard InChI is InChI=1S/C22H22N2O6/c1-13(21(28)24-14(11-25)10-20(26)27)23-22(29)30-12-19-17-8-4-2-6-15(17)16-7-3-5-9-18(16)19/h2-9,11,13-14,19H,10,12H2,1H3,(H,23,29)(H,24,28)(H,26,27). The van der Waals surface area contributed by atoms with Gasteiger partial charge in [-0.05, 0) is 29.2 Å². The van der Waals surface area contributed by atoms with Crippen LogP contribution in [0.5, 0.6) is 0 Å². The molecule has 2 unspecified atom stereocenters. The first kappa shape index (κ1) is 21.0. The summed E-state index contributed by atoms with van der Waals surface area (Å²) in [7, 11) is 0. The van der Waals surface area contributed by atoms with E-state index in [0.717, 1.165) is 22.3 Å². The minimum atomic E-state index is -1.22. The molecule has 8 nitrogen and oxygen atoms in total. The van der Waals surface area contributed by atoms with Crippen LogP contribution in [0.1, 0.15) is 30.4 Å². The molecule has 0 radical (unpaired) electrons. The van der Waals surface area contributed by atoms with Crippen LogP contribution >= 0.6 is 0 Å². The molecule has 8 heteroatoms. The van der Waals surface area contributed by atoms with Crippen LogP contribution in [0.4, 0.5) is 4.79 Å². The topological polar surface area (TPSA) is 122 Å². The molecule has 2 amide bonds. The largest absolute Gasteiger partial charge is 0.481 e. The summed E-state index contributed by atoms with van der Waals surface area (Å²) in [5.74, 6) is -2.01. The van der Waals surface area contributed by atoms with Crippen LogP contribution in [-0.4, -0.2) is 48.1 Å². The average molecular weight is 410 g/mol. The summed E-state index contributed by atoms with van der Waals surface area (Å²) >= 11 is 0. The number of carboxylic acids is 1. The first-order valence-corrected chi connectivity index (χ1v) is 9.49. The fourth-order valence-electron chi connectivity index (χ4n) is 3.51. The van der Waals surface area contributed by atoms with Crippen LogP contribution in [0, 0.1) is 0 Å². The lowest BCUT2D eigenvalue weighted by molar-refractivity contribution is -0.138. The van der Waals surface area contributed by atoms with E-state index in [1.807, 2.05) is 48.5 Å². The molecule has 3 N–H and O–H groups in total. The SMILES string of the molecule is CC(NC(=O)OCC1c2ccccc2-c2ccccc21)C(=O)NC(C=O)CC(=O)O. The van der Waals surface area contributed by atoms with Gasteiger partial charge in [0.25, 0.3) is 0 Å². The molecule has 2 atom stereocenters. The Labute approximate surface area is 173 Å². The molecule has 0 saturated heterocycles. The van der Waals surface area contributed by atoms with E-state index in [-0.39, 0.29) is 12.5 Å². The van der Waals surface area contributed by atoms with E-state index in [4.69, 9.17) is 9.84 Å². The predicted octanol–water partition coefficient (Wildman–Crippen LogP) is 2.07. The van der Waals surface area contributed by atoms with E-state index in [2.05, 4.69) is 10.6 Å². The molecule has 0 bridgehead atoms. The fourth-order valence-corrected chi connectivity index (χ4v) is 3.51. The Balaban J connectivity index is 1.58. The third kappa shape index (κ3) is 4.65. The third-order valence-corrected chi connectivity index (χ3v) is 4.96. The summed E-state index contributed by atoms with van der Waals surface area (Å²) in [6.45, 7) is 1.52. The van der Waals surface area contributed by atoms with Crippen molar-refractivity contribution < 1.29 is 29.0 Å². The number of carboxylic acid groups (broad SMARTS) is 1. The molecule has 0 spiro atoms. The second-order valence-corrected chi connectivity index (χ2v) is 7.04. The van der Waals surface area contributed by atoms with Crippen molar-refractivity contribution in [2.45, 2.75) is 31.3 Å². The molecular weight excluding hydrogens is 388 g/mol. The second-order valence-electron chi connectivity index (χ2n) is 7.04. The van der Waals surface area contributed by atoms with Crippen LogP contribution < -0.4 is 10.6 Å². The quantitative estimate of drug-likeness (QED) is 0.573. The van der Waals surface area contributed by atoms with E-state index in [9.17, 15) is 19.2 Å². The smallest absolute Gasteiger partial charge is 0.407 e. The van der Waals surface area contributed by atoms with Gasteiger partial charge in [0.05, 0.1) is 12.5 Å². The van der Waals surface area contributed by atoms with Gasteiger partial charge in [0.15, 0.2) is 0 Å². The molecule has 2 aromatic rings. The number of amides is 2. The van der Waals surface area contributed by atoms with Gasteiger partial charge in [-0.2, -0.15) is 0 Å². The van der Waals surface area contributed by atoms with Gasteiger partial charge in [0.1, 0.15) is 18.9 Å². The molecule has 1 aliphatic carbocycles. The van der Waals surface area contributed by atoms with Crippen LogP contribution in [-0.2, 0) is 19.1 Å². The molecule has 2 aromatic carbocycles. The van der Waals surface area contributed by atoms with Crippen molar-refractivity contribution in [3.05, 3.63) is 59.7 Å². The van der Waals surface area contributed by atoms with Crippen molar-refractivity contribution in [3.63, 3.8) is 0 Å². The van der Waals surface area contributed by atoms with E-state index in [0.29, 0.717) is 6.29 Å². The third-order valence-electron chi connectivity index (χ3n) is 4.96. The second kappa shape index (κ2) is 9.21. The van der Waals surface area contributed by atoms with Gasteiger partial charge in [-0.25, -0.2) is 4.79 Å². The van der Waals surface area contributed by atoms with Crippen LogP contribution in [0.25, 0.3) is 11.1 Å². The highest BCUT2D eigenvalue weighted by atomic mass is 16.5. The maximum absolute atomic E-state index is 12.2. The van der Waals surface area contributed by atoms with Crippen LogP contribution in [0.3, 0.4) is 0 Å². The summed E-state index contributed by atoms with van der Waals surface area (Å²) in [6.07, 6.45) is -0.973. The molecule has 156 valence electrons. The molecular formula is C22H22N2O6. The van der Waals surface area contributed by atoms with Gasteiger partial charge in [-0.3, -0.25) is 9.59 Å². The summed E-state index contributed by atoms with van der Waals surface area (Å²) in [5.41, 5.74) is 4.35. The zero-order valence-electron chi connectivity index (χ0n) is 16.3. The highest BCUT2D eigenvalue weighted by molar-refractivity contribution is 5.88.